The van der Waals surface area contributed by atoms with Crippen LogP contribution in [-0.2, 0) is 0 Å². The lowest BCUT2D eigenvalue weighted by molar-refractivity contribution is 0.477. The molecule has 5 aromatic rings. The Kier molecular flexibility index (Phi) is 3.06. The number of hydrogen-bond acceptors (Lipinski definition) is 3. The normalized spacial score (nSPS) is 11.4. The molecule has 1 N–H and O–H groups in total. The van der Waals surface area contributed by atoms with Crippen molar-refractivity contribution >= 4 is 38.3 Å². The summed E-state index contributed by atoms with van der Waals surface area (Å²) in [4.78, 5) is 11.2. The molecule has 0 aliphatic carbocycles. The summed E-state index contributed by atoms with van der Waals surface area (Å²) in [5, 5.41) is 16.9. The van der Waals surface area contributed by atoms with E-state index in [1.807, 2.05) is 42.5 Å². The zero-order valence-corrected chi connectivity index (χ0v) is 13.8. The zero-order chi connectivity index (χ0) is 17.7. The van der Waals surface area contributed by atoms with Crippen molar-refractivity contribution in [2.24, 2.45) is 5.18 Å². The van der Waals surface area contributed by atoms with E-state index in [0.717, 1.165) is 22.1 Å². The van der Waals surface area contributed by atoms with Gasteiger partial charge in [0.25, 0.3) is 0 Å². The highest BCUT2D eigenvalue weighted by Crippen LogP contribution is 2.38. The van der Waals surface area contributed by atoms with Crippen molar-refractivity contribution in [3.05, 3.63) is 83.8 Å². The summed E-state index contributed by atoms with van der Waals surface area (Å²) in [5.74, 6) is -0.105. The van der Waals surface area contributed by atoms with Crippen molar-refractivity contribution in [2.45, 2.75) is 0 Å². The number of phenolic OH excluding ortho intramolecular Hbond substituents is 1. The summed E-state index contributed by atoms with van der Waals surface area (Å²) in [6.07, 6.45) is 0. The number of phenols is 1. The van der Waals surface area contributed by atoms with Crippen LogP contribution in [0.5, 0.6) is 5.75 Å². The Morgan fingerprint density at radius 3 is 2.00 bits per heavy atom. The standard InChI is InChI=1S/C22H14N2O2/c25-21-12-10-14-9-11-15(13-18(14)22(21)23-26)24-19-7-3-1-5-16(19)17-6-2-4-8-20(17)24/h1-13,25H. The fourth-order valence-electron chi connectivity index (χ4n) is 3.72. The Balaban J connectivity index is 1.92. The van der Waals surface area contributed by atoms with Crippen LogP contribution >= 0.6 is 0 Å². The number of fused-ring (bicyclic) bond motifs is 4. The lowest BCUT2D eigenvalue weighted by Gasteiger charge is -2.10. The van der Waals surface area contributed by atoms with Crippen molar-refractivity contribution in [1.29, 1.82) is 0 Å². The third kappa shape index (κ3) is 1.96. The van der Waals surface area contributed by atoms with Gasteiger partial charge in [-0.05, 0) is 40.9 Å². The largest absolute Gasteiger partial charge is 0.506 e. The average Bonchev–Trinajstić information content (AvgIpc) is 3.02. The van der Waals surface area contributed by atoms with Gasteiger partial charge in [-0.1, -0.05) is 48.5 Å². The Morgan fingerprint density at radius 2 is 1.35 bits per heavy atom. The smallest absolute Gasteiger partial charge is 0.157 e. The molecule has 0 unspecified atom stereocenters. The molecule has 1 aromatic heterocycles. The maximum atomic E-state index is 11.2. The second kappa shape index (κ2) is 5.43. The summed E-state index contributed by atoms with van der Waals surface area (Å²) in [6, 6.07) is 25.7. The third-order valence-electron chi connectivity index (χ3n) is 4.88. The second-order valence-electron chi connectivity index (χ2n) is 6.30. The molecule has 0 aliphatic rings. The number of aromatic hydroxyl groups is 1. The molecule has 0 atom stereocenters. The first-order chi connectivity index (χ1) is 12.8. The van der Waals surface area contributed by atoms with Gasteiger partial charge in [-0.3, -0.25) is 0 Å². The van der Waals surface area contributed by atoms with Crippen LogP contribution in [0.4, 0.5) is 5.69 Å². The first-order valence-corrected chi connectivity index (χ1v) is 8.35. The fourth-order valence-corrected chi connectivity index (χ4v) is 3.72. The summed E-state index contributed by atoms with van der Waals surface area (Å²) >= 11 is 0. The van der Waals surface area contributed by atoms with E-state index < -0.39 is 0 Å². The fraction of sp³-hybridized carbons (Fsp3) is 0. The van der Waals surface area contributed by atoms with Crippen molar-refractivity contribution < 1.29 is 5.11 Å². The van der Waals surface area contributed by atoms with Crippen LogP contribution in [0.3, 0.4) is 0 Å². The molecule has 4 aromatic carbocycles. The first kappa shape index (κ1) is 14.7. The van der Waals surface area contributed by atoms with Crippen molar-refractivity contribution in [3.63, 3.8) is 0 Å². The highest BCUT2D eigenvalue weighted by molar-refractivity contribution is 6.09. The van der Waals surface area contributed by atoms with Crippen LogP contribution in [0, 0.1) is 4.91 Å². The maximum absolute atomic E-state index is 11.2. The molecule has 4 heteroatoms. The van der Waals surface area contributed by atoms with Gasteiger partial charge >= 0.3 is 0 Å². The van der Waals surface area contributed by atoms with E-state index in [2.05, 4.69) is 34.0 Å². The number of rotatable bonds is 2. The number of nitrogens with zero attached hydrogens (tertiary/aromatic N) is 2. The van der Waals surface area contributed by atoms with Gasteiger partial charge in [-0.15, -0.1) is 4.91 Å². The predicted molar refractivity (Wildman–Crippen MR) is 105 cm³/mol. The molecule has 5 rings (SSSR count). The molecule has 1 heterocycles. The quantitative estimate of drug-likeness (QED) is 0.399. The molecule has 26 heavy (non-hydrogen) atoms. The average molecular weight is 338 g/mol. The van der Waals surface area contributed by atoms with Gasteiger partial charge in [0, 0.05) is 21.8 Å². The molecular formula is C22H14N2O2. The van der Waals surface area contributed by atoms with E-state index >= 15 is 0 Å². The molecule has 0 saturated heterocycles. The Labute approximate surface area is 148 Å². The molecule has 124 valence electrons. The number of hydrogen-bond donors (Lipinski definition) is 1. The predicted octanol–water partition coefficient (Wildman–Crippen LogP) is 6.04. The van der Waals surface area contributed by atoms with Gasteiger partial charge < -0.3 is 9.67 Å². The van der Waals surface area contributed by atoms with Crippen molar-refractivity contribution in [2.75, 3.05) is 0 Å². The van der Waals surface area contributed by atoms with Crippen LogP contribution in [0.2, 0.25) is 0 Å². The van der Waals surface area contributed by atoms with Gasteiger partial charge in [-0.2, -0.15) is 0 Å². The molecule has 0 spiro atoms. The van der Waals surface area contributed by atoms with E-state index in [-0.39, 0.29) is 11.4 Å². The summed E-state index contributed by atoms with van der Waals surface area (Å²) < 4.78 is 2.17. The SMILES string of the molecule is O=Nc1c(O)ccc2ccc(-n3c4ccccc4c4ccccc43)cc12. The number of nitroso groups, excluding NO2 is 1. The van der Waals surface area contributed by atoms with Crippen LogP contribution < -0.4 is 0 Å². The minimum atomic E-state index is -0.105. The van der Waals surface area contributed by atoms with Crippen molar-refractivity contribution in [1.82, 2.24) is 4.57 Å². The van der Waals surface area contributed by atoms with E-state index in [0.29, 0.717) is 5.39 Å². The van der Waals surface area contributed by atoms with E-state index in [9.17, 15) is 10.0 Å². The van der Waals surface area contributed by atoms with Crippen LogP contribution in [-0.4, -0.2) is 9.67 Å². The Morgan fingerprint density at radius 1 is 0.731 bits per heavy atom. The second-order valence-corrected chi connectivity index (χ2v) is 6.30. The highest BCUT2D eigenvalue weighted by atomic mass is 16.3. The lowest BCUT2D eigenvalue weighted by atomic mass is 10.1. The third-order valence-corrected chi connectivity index (χ3v) is 4.88. The molecule has 0 bridgehead atoms. The molecule has 0 saturated carbocycles. The Bertz CT molecular complexity index is 1270. The minimum absolute atomic E-state index is 0.0742. The number of benzene rings is 4. The molecule has 0 amide bonds. The zero-order valence-electron chi connectivity index (χ0n) is 13.8. The topological polar surface area (TPSA) is 54.6 Å². The van der Waals surface area contributed by atoms with E-state index in [1.54, 1.807) is 6.07 Å². The van der Waals surface area contributed by atoms with E-state index in [4.69, 9.17) is 0 Å². The monoisotopic (exact) mass is 338 g/mol. The maximum Gasteiger partial charge on any atom is 0.157 e. The number of aromatic nitrogens is 1. The van der Waals surface area contributed by atoms with Gasteiger partial charge in [0.2, 0.25) is 0 Å². The molecule has 4 nitrogen and oxygen atoms in total. The summed E-state index contributed by atoms with van der Waals surface area (Å²) in [7, 11) is 0. The Hall–Kier alpha value is -3.66. The summed E-state index contributed by atoms with van der Waals surface area (Å²) in [6.45, 7) is 0. The van der Waals surface area contributed by atoms with Gasteiger partial charge in [-0.25, -0.2) is 0 Å². The molecular weight excluding hydrogens is 324 g/mol. The number of para-hydroxylation sites is 2. The lowest BCUT2D eigenvalue weighted by Crippen LogP contribution is -1.93. The molecule has 0 fully saturated rings. The van der Waals surface area contributed by atoms with Crippen molar-refractivity contribution in [3.8, 4) is 11.4 Å². The molecule has 0 radical (unpaired) electrons. The van der Waals surface area contributed by atoms with Gasteiger partial charge in [0.05, 0.1) is 11.0 Å². The summed E-state index contributed by atoms with van der Waals surface area (Å²) in [5.41, 5.74) is 3.18. The van der Waals surface area contributed by atoms with Crippen LogP contribution in [0.25, 0.3) is 38.3 Å². The van der Waals surface area contributed by atoms with Crippen LogP contribution in [0.15, 0.2) is 84.0 Å². The van der Waals surface area contributed by atoms with Gasteiger partial charge in [0.15, 0.2) is 5.69 Å². The molecule has 0 aliphatic heterocycles. The minimum Gasteiger partial charge on any atom is -0.506 e. The highest BCUT2D eigenvalue weighted by Gasteiger charge is 2.13. The first-order valence-electron chi connectivity index (χ1n) is 8.35. The van der Waals surface area contributed by atoms with Gasteiger partial charge in [0.1, 0.15) is 5.75 Å². The van der Waals surface area contributed by atoms with E-state index in [1.165, 1.54) is 16.8 Å². The van der Waals surface area contributed by atoms with Crippen LogP contribution in [0.1, 0.15) is 0 Å².